The molecule has 0 spiro atoms. The Morgan fingerprint density at radius 1 is 1.23 bits per heavy atom. The minimum absolute atomic E-state index is 0.0461. The number of hydrogen-bond acceptors (Lipinski definition) is 2. The van der Waals surface area contributed by atoms with Crippen LogP contribution in [0.2, 0.25) is 0 Å². The van der Waals surface area contributed by atoms with Crippen LogP contribution < -0.4 is 5.32 Å². The summed E-state index contributed by atoms with van der Waals surface area (Å²) in [7, 11) is 0. The lowest BCUT2D eigenvalue weighted by atomic mass is 9.64. The average Bonchev–Trinajstić information content (AvgIpc) is 2.74. The smallest absolute Gasteiger partial charge is 0.232 e. The van der Waals surface area contributed by atoms with E-state index in [2.05, 4.69) is 57.7 Å². The van der Waals surface area contributed by atoms with Gasteiger partial charge >= 0.3 is 0 Å². The summed E-state index contributed by atoms with van der Waals surface area (Å²) in [5, 5.41) is 3.03. The van der Waals surface area contributed by atoms with Crippen LogP contribution in [0.1, 0.15) is 33.6 Å². The Bertz CT molecular complexity index is 657. The molecule has 3 atom stereocenters. The number of nitrogens with one attached hydrogen (secondary N) is 1. The molecule has 2 fully saturated rings. The molecule has 5 heteroatoms. The Morgan fingerprint density at radius 3 is 2.32 bits per heavy atom. The van der Waals surface area contributed by atoms with Gasteiger partial charge in [0.1, 0.15) is 0 Å². The largest absolute Gasteiger partial charge is 0.326 e. The molecule has 22 heavy (non-hydrogen) atoms. The van der Waals surface area contributed by atoms with Crippen molar-refractivity contribution in [1.82, 2.24) is 0 Å². The second-order valence-corrected chi connectivity index (χ2v) is 9.28. The van der Waals surface area contributed by atoms with Crippen molar-refractivity contribution in [1.29, 1.82) is 0 Å². The van der Waals surface area contributed by atoms with E-state index in [4.69, 9.17) is 0 Å². The average molecular weight is 476 g/mol. The van der Waals surface area contributed by atoms with Gasteiger partial charge in [0.2, 0.25) is 5.91 Å². The van der Waals surface area contributed by atoms with E-state index in [0.29, 0.717) is 0 Å². The van der Waals surface area contributed by atoms with Crippen LogP contribution in [-0.4, -0.2) is 16.5 Å². The number of amides is 1. The number of carbonyl (C=O) groups excluding carboxylic acids is 2. The van der Waals surface area contributed by atoms with Crippen LogP contribution in [0, 0.1) is 19.8 Å². The van der Waals surface area contributed by atoms with Crippen molar-refractivity contribution in [2.24, 2.45) is 16.2 Å². The predicted molar refractivity (Wildman–Crippen MR) is 99.1 cm³/mol. The van der Waals surface area contributed by atoms with Crippen LogP contribution in [0.5, 0.6) is 0 Å². The number of fused-ring (bicyclic) bond motifs is 2. The SMILES string of the molecule is CC1(C)[C@@]2(C)CC[C@]1(C(=O)Nc1ccc(I)cc1)[C@H](Br)C2=O. The van der Waals surface area contributed by atoms with Crippen LogP contribution in [-0.2, 0) is 9.59 Å². The van der Waals surface area contributed by atoms with Gasteiger partial charge in [0.05, 0.1) is 10.2 Å². The van der Waals surface area contributed by atoms with Gasteiger partial charge in [-0.25, -0.2) is 0 Å². The summed E-state index contributed by atoms with van der Waals surface area (Å²) in [6.45, 7) is 6.13. The molecule has 2 bridgehead atoms. The van der Waals surface area contributed by atoms with Gasteiger partial charge in [-0.1, -0.05) is 36.7 Å². The van der Waals surface area contributed by atoms with Crippen molar-refractivity contribution in [3.8, 4) is 0 Å². The fraction of sp³-hybridized carbons (Fsp3) is 0.529. The zero-order valence-corrected chi connectivity index (χ0v) is 16.6. The third-order valence-electron chi connectivity index (χ3n) is 6.23. The number of ketones is 1. The van der Waals surface area contributed by atoms with Gasteiger partial charge in [0, 0.05) is 14.7 Å². The molecule has 0 saturated heterocycles. The normalized spacial score (nSPS) is 35.7. The third-order valence-corrected chi connectivity index (χ3v) is 8.14. The molecule has 118 valence electrons. The van der Waals surface area contributed by atoms with Crippen molar-refractivity contribution in [2.75, 3.05) is 5.32 Å². The Morgan fingerprint density at radius 2 is 1.82 bits per heavy atom. The van der Waals surface area contributed by atoms with Crippen LogP contribution >= 0.6 is 38.5 Å². The summed E-state index contributed by atoms with van der Waals surface area (Å²) in [5.74, 6) is 0.122. The van der Waals surface area contributed by atoms with Gasteiger partial charge < -0.3 is 5.32 Å². The first kappa shape index (κ1) is 16.4. The molecule has 2 aliphatic rings. The first-order valence-electron chi connectivity index (χ1n) is 7.42. The van der Waals surface area contributed by atoms with E-state index < -0.39 is 15.7 Å². The Hall–Kier alpha value is -0.430. The van der Waals surface area contributed by atoms with Gasteiger partial charge in [-0.3, -0.25) is 9.59 Å². The van der Waals surface area contributed by atoms with E-state index in [9.17, 15) is 9.59 Å². The van der Waals surface area contributed by atoms with E-state index >= 15 is 0 Å². The lowest BCUT2D eigenvalue weighted by Crippen LogP contribution is -2.47. The van der Waals surface area contributed by atoms with Gasteiger partial charge in [0.25, 0.3) is 0 Å². The van der Waals surface area contributed by atoms with E-state index in [0.717, 1.165) is 22.1 Å². The molecule has 2 aliphatic carbocycles. The maximum absolute atomic E-state index is 13.1. The van der Waals surface area contributed by atoms with Crippen molar-refractivity contribution in [2.45, 2.75) is 38.4 Å². The summed E-state index contributed by atoms with van der Waals surface area (Å²) in [6.07, 6.45) is 1.52. The third kappa shape index (κ3) is 1.84. The second kappa shape index (κ2) is 5.03. The quantitative estimate of drug-likeness (QED) is 0.509. The summed E-state index contributed by atoms with van der Waals surface area (Å²) in [4.78, 5) is 25.4. The summed E-state index contributed by atoms with van der Waals surface area (Å²) < 4.78 is 1.12. The monoisotopic (exact) mass is 475 g/mol. The highest BCUT2D eigenvalue weighted by molar-refractivity contribution is 14.1. The van der Waals surface area contributed by atoms with Crippen molar-refractivity contribution >= 4 is 55.9 Å². The first-order chi connectivity index (χ1) is 10.2. The van der Waals surface area contributed by atoms with Crippen LogP contribution in [0.25, 0.3) is 0 Å². The number of halogens is 2. The van der Waals surface area contributed by atoms with Crippen molar-refractivity contribution < 1.29 is 9.59 Å². The van der Waals surface area contributed by atoms with E-state index in [1.165, 1.54) is 0 Å². The van der Waals surface area contributed by atoms with Crippen molar-refractivity contribution in [3.05, 3.63) is 27.8 Å². The fourth-order valence-electron chi connectivity index (χ4n) is 4.23. The van der Waals surface area contributed by atoms with E-state index in [1.54, 1.807) is 0 Å². The number of hydrogen-bond donors (Lipinski definition) is 1. The van der Waals surface area contributed by atoms with Gasteiger partial charge in [-0.2, -0.15) is 0 Å². The van der Waals surface area contributed by atoms with E-state index in [-0.39, 0.29) is 17.1 Å². The van der Waals surface area contributed by atoms with Gasteiger partial charge in [-0.15, -0.1) is 0 Å². The number of alkyl halides is 1. The molecule has 0 aromatic heterocycles. The number of carbonyl (C=O) groups is 2. The topological polar surface area (TPSA) is 46.2 Å². The highest BCUT2D eigenvalue weighted by Crippen LogP contribution is 2.72. The summed E-state index contributed by atoms with van der Waals surface area (Å²) in [5.41, 5.74) is -0.687. The van der Waals surface area contributed by atoms with Crippen LogP contribution in [0.15, 0.2) is 24.3 Å². The first-order valence-corrected chi connectivity index (χ1v) is 9.42. The molecule has 0 aliphatic heterocycles. The van der Waals surface area contributed by atoms with Crippen molar-refractivity contribution in [3.63, 3.8) is 0 Å². The van der Waals surface area contributed by atoms with Gasteiger partial charge in [0.15, 0.2) is 5.78 Å². The lowest BCUT2D eigenvalue weighted by molar-refractivity contribution is -0.130. The number of rotatable bonds is 2. The molecule has 1 aromatic carbocycles. The molecule has 1 N–H and O–H groups in total. The molecule has 3 rings (SSSR count). The fourth-order valence-corrected chi connectivity index (χ4v) is 6.10. The molecule has 1 aromatic rings. The standard InChI is InChI=1S/C17H19BrINO2/c1-15(2)16(3)8-9-17(15,12(18)13(16)21)14(22)20-11-6-4-10(19)5-7-11/h4-7,12H,8-9H2,1-3H3,(H,20,22)/t12-,16+,17-/m1/s1. The number of Topliss-reactive ketones (excluding diaryl/α,β-unsaturated/α-hetero) is 1. The molecule has 1 amide bonds. The minimum atomic E-state index is -0.679. The molecular formula is C17H19BrINO2. The Balaban J connectivity index is 1.97. The summed E-state index contributed by atoms with van der Waals surface area (Å²) in [6, 6.07) is 7.72. The predicted octanol–water partition coefficient (Wildman–Crippen LogP) is 4.39. The van der Waals surface area contributed by atoms with E-state index in [1.807, 2.05) is 31.2 Å². The van der Waals surface area contributed by atoms with Crippen LogP contribution in [0.3, 0.4) is 0 Å². The Labute approximate surface area is 152 Å². The molecule has 3 nitrogen and oxygen atoms in total. The molecule has 0 unspecified atom stereocenters. The molecule has 0 radical (unpaired) electrons. The molecular weight excluding hydrogens is 457 g/mol. The molecule has 2 saturated carbocycles. The zero-order valence-electron chi connectivity index (χ0n) is 12.9. The minimum Gasteiger partial charge on any atom is -0.326 e. The van der Waals surface area contributed by atoms with Crippen LogP contribution in [0.4, 0.5) is 5.69 Å². The van der Waals surface area contributed by atoms with Gasteiger partial charge in [-0.05, 0) is 65.1 Å². The highest BCUT2D eigenvalue weighted by atomic mass is 127. The number of benzene rings is 1. The number of anilines is 1. The zero-order chi connectivity index (χ0) is 16.3. The second-order valence-electron chi connectivity index (χ2n) is 7.12. The maximum atomic E-state index is 13.1. The lowest BCUT2D eigenvalue weighted by Gasteiger charge is -2.39. The highest BCUT2D eigenvalue weighted by Gasteiger charge is 2.76. The maximum Gasteiger partial charge on any atom is 0.232 e. The Kier molecular flexibility index (Phi) is 3.76. The summed E-state index contributed by atoms with van der Waals surface area (Å²) >= 11 is 5.78. The molecule has 0 heterocycles.